The van der Waals surface area contributed by atoms with E-state index in [9.17, 15) is 0 Å². The summed E-state index contributed by atoms with van der Waals surface area (Å²) in [4.78, 5) is 4.30. The molecule has 0 aromatic heterocycles. The molecule has 0 heterocycles. The van der Waals surface area contributed by atoms with Gasteiger partial charge in [0.1, 0.15) is 0 Å². The van der Waals surface area contributed by atoms with E-state index < -0.39 is 0 Å². The molecule has 2 N–H and O–H groups in total. The fourth-order valence-electron chi connectivity index (χ4n) is 3.29. The molecule has 2 rings (SSSR count). The Morgan fingerprint density at radius 1 is 1.07 bits per heavy atom. The van der Waals surface area contributed by atoms with Crippen molar-refractivity contribution in [1.29, 1.82) is 0 Å². The SMILES string of the molecule is CCOCc1ccccc1CNC(=NC)NCCOC1CCCCCC1.I. The fourth-order valence-corrected chi connectivity index (χ4v) is 3.29. The van der Waals surface area contributed by atoms with E-state index in [0.717, 1.165) is 32.3 Å². The normalized spacial score (nSPS) is 15.7. The Balaban J connectivity index is 0.00000364. The summed E-state index contributed by atoms with van der Waals surface area (Å²) in [6.45, 7) is 5.63. The van der Waals surface area contributed by atoms with Crippen molar-refractivity contribution >= 4 is 29.9 Å². The van der Waals surface area contributed by atoms with E-state index in [4.69, 9.17) is 9.47 Å². The molecule has 1 saturated carbocycles. The van der Waals surface area contributed by atoms with Crippen LogP contribution in [0.25, 0.3) is 0 Å². The smallest absolute Gasteiger partial charge is 0.191 e. The molecule has 0 unspecified atom stereocenters. The minimum absolute atomic E-state index is 0. The third-order valence-electron chi connectivity index (χ3n) is 4.80. The Morgan fingerprint density at radius 2 is 1.78 bits per heavy atom. The van der Waals surface area contributed by atoms with Crippen molar-refractivity contribution in [2.45, 2.75) is 64.7 Å². The average molecular weight is 489 g/mol. The van der Waals surface area contributed by atoms with Crippen LogP contribution in [-0.4, -0.2) is 38.9 Å². The Morgan fingerprint density at radius 3 is 2.44 bits per heavy atom. The van der Waals surface area contributed by atoms with Gasteiger partial charge >= 0.3 is 0 Å². The van der Waals surface area contributed by atoms with Crippen LogP contribution in [0.15, 0.2) is 29.3 Å². The molecule has 0 spiro atoms. The lowest BCUT2D eigenvalue weighted by atomic mass is 10.1. The number of hydrogen-bond acceptors (Lipinski definition) is 3. The molecule has 0 aliphatic heterocycles. The van der Waals surface area contributed by atoms with Crippen LogP contribution in [-0.2, 0) is 22.6 Å². The zero-order valence-electron chi connectivity index (χ0n) is 16.8. The molecule has 0 atom stereocenters. The lowest BCUT2D eigenvalue weighted by molar-refractivity contribution is 0.0468. The molecule has 154 valence electrons. The number of nitrogens with one attached hydrogen (secondary N) is 2. The van der Waals surface area contributed by atoms with Gasteiger partial charge in [-0.15, -0.1) is 24.0 Å². The predicted molar refractivity (Wildman–Crippen MR) is 123 cm³/mol. The lowest BCUT2D eigenvalue weighted by Gasteiger charge is -2.17. The van der Waals surface area contributed by atoms with Crippen molar-refractivity contribution in [2.24, 2.45) is 4.99 Å². The first kappa shape index (κ1) is 24.2. The molecule has 5 nitrogen and oxygen atoms in total. The number of aliphatic imine (C=N–C) groups is 1. The molecule has 1 aromatic carbocycles. The molecule has 0 amide bonds. The van der Waals surface area contributed by atoms with Crippen molar-refractivity contribution in [3.63, 3.8) is 0 Å². The Labute approximate surface area is 181 Å². The van der Waals surface area contributed by atoms with E-state index in [1.54, 1.807) is 7.05 Å². The van der Waals surface area contributed by atoms with Crippen LogP contribution in [0.5, 0.6) is 0 Å². The second kappa shape index (κ2) is 15.1. The van der Waals surface area contributed by atoms with E-state index in [-0.39, 0.29) is 24.0 Å². The summed E-state index contributed by atoms with van der Waals surface area (Å²) in [7, 11) is 1.80. The molecular formula is C21H36IN3O2. The van der Waals surface area contributed by atoms with Gasteiger partial charge < -0.3 is 20.1 Å². The van der Waals surface area contributed by atoms with Crippen molar-refractivity contribution in [2.75, 3.05) is 26.8 Å². The molecule has 27 heavy (non-hydrogen) atoms. The predicted octanol–water partition coefficient (Wildman–Crippen LogP) is 4.25. The van der Waals surface area contributed by atoms with Crippen molar-refractivity contribution < 1.29 is 9.47 Å². The highest BCUT2D eigenvalue weighted by Crippen LogP contribution is 2.19. The maximum absolute atomic E-state index is 6.02. The van der Waals surface area contributed by atoms with Gasteiger partial charge in [0, 0.05) is 26.7 Å². The zero-order chi connectivity index (χ0) is 18.5. The van der Waals surface area contributed by atoms with E-state index >= 15 is 0 Å². The van der Waals surface area contributed by atoms with Gasteiger partial charge in [0.2, 0.25) is 0 Å². The van der Waals surface area contributed by atoms with Gasteiger partial charge in [-0.05, 0) is 30.9 Å². The second-order valence-corrected chi connectivity index (χ2v) is 6.74. The molecule has 1 aromatic rings. The second-order valence-electron chi connectivity index (χ2n) is 6.74. The summed E-state index contributed by atoms with van der Waals surface area (Å²) >= 11 is 0. The number of hydrogen-bond donors (Lipinski definition) is 2. The molecule has 1 aliphatic carbocycles. The fraction of sp³-hybridized carbons (Fsp3) is 0.667. The molecular weight excluding hydrogens is 453 g/mol. The Kier molecular flexibility index (Phi) is 13.5. The monoisotopic (exact) mass is 489 g/mol. The van der Waals surface area contributed by atoms with Crippen LogP contribution < -0.4 is 10.6 Å². The maximum Gasteiger partial charge on any atom is 0.191 e. The van der Waals surface area contributed by atoms with E-state index in [0.29, 0.717) is 12.7 Å². The summed E-state index contributed by atoms with van der Waals surface area (Å²) < 4.78 is 11.6. The van der Waals surface area contributed by atoms with Crippen LogP contribution in [0.1, 0.15) is 56.6 Å². The minimum atomic E-state index is 0. The standard InChI is InChI=1S/C21H35N3O2.HI/c1-3-25-17-19-11-9-8-10-18(19)16-24-21(22-2)23-14-15-26-20-12-6-4-5-7-13-20;/h8-11,20H,3-7,12-17H2,1-2H3,(H2,22,23,24);1H. The Hall–Kier alpha value is -0.860. The quantitative estimate of drug-likeness (QED) is 0.179. The number of guanidine groups is 1. The van der Waals surface area contributed by atoms with Crippen LogP contribution in [0.2, 0.25) is 0 Å². The third-order valence-corrected chi connectivity index (χ3v) is 4.80. The molecule has 0 bridgehead atoms. The van der Waals surface area contributed by atoms with Crippen LogP contribution in [0.4, 0.5) is 0 Å². The highest BCUT2D eigenvalue weighted by molar-refractivity contribution is 14.0. The topological polar surface area (TPSA) is 54.9 Å². The van der Waals surface area contributed by atoms with Crippen molar-refractivity contribution in [3.05, 3.63) is 35.4 Å². The Bertz CT molecular complexity index is 532. The average Bonchev–Trinajstić information content (AvgIpc) is 2.95. The first-order chi connectivity index (χ1) is 12.8. The molecule has 0 saturated heterocycles. The van der Waals surface area contributed by atoms with E-state index in [1.165, 1.54) is 49.7 Å². The summed E-state index contributed by atoms with van der Waals surface area (Å²) in [5, 5.41) is 6.72. The first-order valence-corrected chi connectivity index (χ1v) is 10.0. The summed E-state index contributed by atoms with van der Waals surface area (Å²) in [6, 6.07) is 8.35. The summed E-state index contributed by atoms with van der Waals surface area (Å²) in [5.74, 6) is 0.806. The first-order valence-electron chi connectivity index (χ1n) is 10.0. The number of ether oxygens (including phenoxy) is 2. The van der Waals surface area contributed by atoms with E-state index in [1.807, 2.05) is 6.92 Å². The van der Waals surface area contributed by atoms with E-state index in [2.05, 4.69) is 39.9 Å². The zero-order valence-corrected chi connectivity index (χ0v) is 19.2. The minimum Gasteiger partial charge on any atom is -0.377 e. The molecule has 6 heteroatoms. The van der Waals surface area contributed by atoms with Crippen LogP contribution in [0.3, 0.4) is 0 Å². The van der Waals surface area contributed by atoms with Gasteiger partial charge in [0.15, 0.2) is 5.96 Å². The van der Waals surface area contributed by atoms with Crippen molar-refractivity contribution in [1.82, 2.24) is 10.6 Å². The number of nitrogens with zero attached hydrogens (tertiary/aromatic N) is 1. The summed E-state index contributed by atoms with van der Waals surface area (Å²) in [5.41, 5.74) is 2.45. The van der Waals surface area contributed by atoms with Gasteiger partial charge in [-0.1, -0.05) is 49.9 Å². The van der Waals surface area contributed by atoms with Crippen LogP contribution in [0, 0.1) is 0 Å². The number of halogens is 1. The van der Waals surface area contributed by atoms with Gasteiger partial charge in [-0.25, -0.2) is 0 Å². The van der Waals surface area contributed by atoms with Gasteiger partial charge in [-0.3, -0.25) is 4.99 Å². The molecule has 1 fully saturated rings. The highest BCUT2D eigenvalue weighted by atomic mass is 127. The third kappa shape index (κ3) is 9.76. The van der Waals surface area contributed by atoms with Crippen molar-refractivity contribution in [3.8, 4) is 0 Å². The van der Waals surface area contributed by atoms with Gasteiger partial charge in [0.25, 0.3) is 0 Å². The number of benzene rings is 1. The molecule has 1 aliphatic rings. The van der Waals surface area contributed by atoms with Gasteiger partial charge in [0.05, 0.1) is 19.3 Å². The number of rotatable bonds is 9. The highest BCUT2D eigenvalue weighted by Gasteiger charge is 2.12. The maximum atomic E-state index is 6.02. The lowest BCUT2D eigenvalue weighted by Crippen LogP contribution is -2.39. The van der Waals surface area contributed by atoms with Crippen LogP contribution >= 0.6 is 24.0 Å². The molecule has 0 radical (unpaired) electrons. The van der Waals surface area contributed by atoms with Gasteiger partial charge in [-0.2, -0.15) is 0 Å². The largest absolute Gasteiger partial charge is 0.377 e. The summed E-state index contributed by atoms with van der Waals surface area (Å²) in [6.07, 6.45) is 8.21.